The van der Waals surface area contributed by atoms with Crippen LogP contribution in [0.1, 0.15) is 22.8 Å². The van der Waals surface area contributed by atoms with E-state index in [1.807, 2.05) is 0 Å². The van der Waals surface area contributed by atoms with Crippen molar-refractivity contribution in [3.05, 3.63) is 65.7 Å². The van der Waals surface area contributed by atoms with Gasteiger partial charge in [0.2, 0.25) is 0 Å². The number of aromatic nitrogens is 1. The van der Waals surface area contributed by atoms with Crippen LogP contribution in [0.3, 0.4) is 0 Å². The molecule has 0 bridgehead atoms. The van der Waals surface area contributed by atoms with Gasteiger partial charge in [0.05, 0.1) is 17.7 Å². The molecule has 0 aliphatic carbocycles. The Hall–Kier alpha value is -3.40. The highest BCUT2D eigenvalue weighted by Crippen LogP contribution is 2.37. The summed E-state index contributed by atoms with van der Waals surface area (Å²) in [6, 6.07) is 13.2. The summed E-state index contributed by atoms with van der Waals surface area (Å²) in [6.45, 7) is 1.79. The molecule has 30 heavy (non-hydrogen) atoms. The number of halogens is 3. The maximum atomic E-state index is 13.3. The average Bonchev–Trinajstić information content (AvgIpc) is 3.10. The predicted octanol–water partition coefficient (Wildman–Crippen LogP) is 5.65. The first-order chi connectivity index (χ1) is 14.3. The quantitative estimate of drug-likeness (QED) is 0.543. The van der Waals surface area contributed by atoms with Gasteiger partial charge in [-0.25, -0.2) is 9.78 Å². The van der Waals surface area contributed by atoms with Gasteiger partial charge in [-0.2, -0.15) is 13.2 Å². The number of hydrogen-bond acceptors (Lipinski definition) is 5. The van der Waals surface area contributed by atoms with Crippen LogP contribution in [-0.4, -0.2) is 23.6 Å². The first kappa shape index (κ1) is 21.3. The minimum atomic E-state index is -4.68. The second-order valence-corrected chi connectivity index (χ2v) is 6.90. The Bertz CT molecular complexity index is 1050. The van der Waals surface area contributed by atoms with E-state index < -0.39 is 29.3 Å². The van der Waals surface area contributed by atoms with Crippen LogP contribution in [0.2, 0.25) is 0 Å². The first-order valence-corrected chi connectivity index (χ1v) is 9.59. The van der Waals surface area contributed by atoms with E-state index in [1.165, 1.54) is 12.1 Å². The van der Waals surface area contributed by atoms with Crippen LogP contribution in [0.5, 0.6) is 0 Å². The molecule has 0 radical (unpaired) electrons. The third kappa shape index (κ3) is 4.95. The molecule has 10 heteroatoms. The molecule has 0 saturated carbocycles. The molecule has 3 rings (SSSR count). The SMILES string of the molecule is CCOC(=O)Nc1nc(-c2ccccc2)c(NC(=O)c2ccccc2C(F)(F)F)s1. The fraction of sp³-hybridized carbons (Fsp3) is 0.150. The fourth-order valence-corrected chi connectivity index (χ4v) is 3.47. The average molecular weight is 435 g/mol. The summed E-state index contributed by atoms with van der Waals surface area (Å²) >= 11 is 0.909. The molecular formula is C20H16F3N3O3S. The van der Waals surface area contributed by atoms with Crippen LogP contribution < -0.4 is 10.6 Å². The number of amides is 2. The molecule has 2 aromatic carbocycles. The predicted molar refractivity (Wildman–Crippen MR) is 108 cm³/mol. The van der Waals surface area contributed by atoms with Gasteiger partial charge >= 0.3 is 12.3 Å². The third-order valence-corrected chi connectivity index (χ3v) is 4.75. The second-order valence-electron chi connectivity index (χ2n) is 5.91. The monoisotopic (exact) mass is 435 g/mol. The third-order valence-electron chi connectivity index (χ3n) is 3.86. The molecule has 0 atom stereocenters. The number of thiazole rings is 1. The molecule has 1 aromatic heterocycles. The van der Waals surface area contributed by atoms with E-state index in [0.717, 1.165) is 23.5 Å². The van der Waals surface area contributed by atoms with Crippen molar-refractivity contribution in [2.75, 3.05) is 17.2 Å². The summed E-state index contributed by atoms with van der Waals surface area (Å²) in [5, 5.41) is 5.25. The van der Waals surface area contributed by atoms with Crippen LogP contribution in [-0.2, 0) is 10.9 Å². The number of carbonyl (C=O) groups excluding carboxylic acids is 2. The normalized spacial score (nSPS) is 11.1. The summed E-state index contributed by atoms with van der Waals surface area (Å²) in [5.74, 6) is -0.938. The molecule has 0 spiro atoms. The van der Waals surface area contributed by atoms with Gasteiger partial charge in [0.15, 0.2) is 5.13 Å². The number of nitrogens with one attached hydrogen (secondary N) is 2. The Labute approximate surface area is 173 Å². The minimum Gasteiger partial charge on any atom is -0.450 e. The smallest absolute Gasteiger partial charge is 0.417 e. The maximum absolute atomic E-state index is 13.3. The van der Waals surface area contributed by atoms with Crippen LogP contribution >= 0.6 is 11.3 Å². The highest BCUT2D eigenvalue weighted by atomic mass is 32.1. The van der Waals surface area contributed by atoms with Gasteiger partial charge in [0.1, 0.15) is 10.7 Å². The summed E-state index contributed by atoms with van der Waals surface area (Å²) in [4.78, 5) is 28.6. The van der Waals surface area contributed by atoms with E-state index in [2.05, 4.69) is 15.6 Å². The molecule has 0 unspecified atom stereocenters. The van der Waals surface area contributed by atoms with Gasteiger partial charge in [-0.1, -0.05) is 53.8 Å². The van der Waals surface area contributed by atoms with Crippen molar-refractivity contribution in [2.45, 2.75) is 13.1 Å². The Balaban J connectivity index is 1.96. The van der Waals surface area contributed by atoms with Gasteiger partial charge in [-0.15, -0.1) is 0 Å². The number of rotatable bonds is 5. The Kier molecular flexibility index (Phi) is 6.36. The van der Waals surface area contributed by atoms with Crippen LogP contribution in [0.4, 0.5) is 28.1 Å². The molecule has 6 nitrogen and oxygen atoms in total. The van der Waals surface area contributed by atoms with Crippen molar-refractivity contribution in [3.8, 4) is 11.3 Å². The molecule has 156 valence electrons. The zero-order valence-electron chi connectivity index (χ0n) is 15.6. The second kappa shape index (κ2) is 8.95. The number of carbonyl (C=O) groups is 2. The van der Waals surface area contributed by atoms with Crippen LogP contribution in [0.25, 0.3) is 11.3 Å². The molecule has 1 heterocycles. The van der Waals surface area contributed by atoms with Crippen molar-refractivity contribution < 1.29 is 27.5 Å². The topological polar surface area (TPSA) is 80.3 Å². The lowest BCUT2D eigenvalue weighted by molar-refractivity contribution is -0.137. The van der Waals surface area contributed by atoms with Crippen LogP contribution in [0, 0.1) is 0 Å². The standard InChI is InChI=1S/C20H16F3N3O3S/c1-2-29-19(28)26-18-24-15(12-8-4-3-5-9-12)17(30-18)25-16(27)13-10-6-7-11-14(13)20(21,22)23/h3-11H,2H2,1H3,(H,25,27)(H,24,26,28). The van der Waals surface area contributed by atoms with Crippen LogP contribution in [0.15, 0.2) is 54.6 Å². The Morgan fingerprint density at radius 1 is 1.03 bits per heavy atom. The number of anilines is 2. The van der Waals surface area contributed by atoms with E-state index in [9.17, 15) is 22.8 Å². The molecule has 2 N–H and O–H groups in total. The Morgan fingerprint density at radius 3 is 2.37 bits per heavy atom. The van der Waals surface area contributed by atoms with E-state index >= 15 is 0 Å². The zero-order chi connectivity index (χ0) is 21.7. The van der Waals surface area contributed by atoms with E-state index in [1.54, 1.807) is 37.3 Å². The van der Waals surface area contributed by atoms with Gasteiger partial charge in [-0.05, 0) is 19.1 Å². The van der Waals surface area contributed by atoms with Gasteiger partial charge in [-0.3, -0.25) is 10.1 Å². The molecular weight excluding hydrogens is 419 g/mol. The van der Waals surface area contributed by atoms with Crippen molar-refractivity contribution in [1.82, 2.24) is 4.98 Å². The zero-order valence-corrected chi connectivity index (χ0v) is 16.4. The van der Waals surface area contributed by atoms with Crippen molar-refractivity contribution >= 4 is 33.5 Å². The summed E-state index contributed by atoms with van der Waals surface area (Å²) < 4.78 is 44.6. The number of nitrogens with zero attached hydrogens (tertiary/aromatic N) is 1. The molecule has 0 fully saturated rings. The van der Waals surface area contributed by atoms with Crippen molar-refractivity contribution in [3.63, 3.8) is 0 Å². The Morgan fingerprint density at radius 2 is 1.70 bits per heavy atom. The molecule has 2 amide bonds. The lowest BCUT2D eigenvalue weighted by atomic mass is 10.1. The lowest BCUT2D eigenvalue weighted by Crippen LogP contribution is -2.18. The van der Waals surface area contributed by atoms with Gasteiger partial charge in [0, 0.05) is 5.56 Å². The summed E-state index contributed by atoms with van der Waals surface area (Å²) in [7, 11) is 0. The molecule has 0 saturated heterocycles. The van der Waals surface area contributed by atoms with Gasteiger partial charge < -0.3 is 10.1 Å². The highest BCUT2D eigenvalue weighted by Gasteiger charge is 2.35. The number of ether oxygens (including phenoxy) is 1. The molecule has 0 aliphatic rings. The lowest BCUT2D eigenvalue weighted by Gasteiger charge is -2.12. The summed E-state index contributed by atoms with van der Waals surface area (Å²) in [6.07, 6.45) is -5.41. The van der Waals surface area contributed by atoms with Crippen molar-refractivity contribution in [1.29, 1.82) is 0 Å². The van der Waals surface area contributed by atoms with E-state index in [0.29, 0.717) is 11.3 Å². The highest BCUT2D eigenvalue weighted by molar-refractivity contribution is 7.20. The molecule has 3 aromatic rings. The maximum Gasteiger partial charge on any atom is 0.417 e. The summed E-state index contributed by atoms with van der Waals surface area (Å²) in [5.41, 5.74) is -0.634. The largest absolute Gasteiger partial charge is 0.450 e. The number of hydrogen-bond donors (Lipinski definition) is 2. The molecule has 0 aliphatic heterocycles. The minimum absolute atomic E-state index is 0.131. The van der Waals surface area contributed by atoms with Crippen molar-refractivity contribution in [2.24, 2.45) is 0 Å². The first-order valence-electron chi connectivity index (χ1n) is 8.77. The number of alkyl halides is 3. The van der Waals surface area contributed by atoms with E-state index in [-0.39, 0.29) is 16.7 Å². The van der Waals surface area contributed by atoms with E-state index in [4.69, 9.17) is 4.74 Å². The fourth-order valence-electron chi connectivity index (χ4n) is 2.60. The van der Waals surface area contributed by atoms with Gasteiger partial charge in [0.25, 0.3) is 5.91 Å². The number of benzene rings is 2.